The van der Waals surface area contributed by atoms with Gasteiger partial charge in [0.15, 0.2) is 18.1 Å². The third-order valence-electron chi connectivity index (χ3n) is 4.72. The highest BCUT2D eigenvalue weighted by Crippen LogP contribution is 2.35. The third kappa shape index (κ3) is 6.09. The minimum atomic E-state index is -0.866. The number of carbonyl (C=O) groups excluding carboxylic acids is 4. The predicted molar refractivity (Wildman–Crippen MR) is 130 cm³/mol. The van der Waals surface area contributed by atoms with E-state index in [1.807, 2.05) is 65.3 Å². The van der Waals surface area contributed by atoms with Gasteiger partial charge in [0.25, 0.3) is 17.7 Å². The van der Waals surface area contributed by atoms with Crippen LogP contribution in [-0.2, 0) is 14.4 Å². The van der Waals surface area contributed by atoms with Gasteiger partial charge in [0.1, 0.15) is 5.57 Å². The first-order valence-corrected chi connectivity index (χ1v) is 11.1. The molecule has 10 heteroatoms. The van der Waals surface area contributed by atoms with Crippen LogP contribution < -0.4 is 25.4 Å². The molecule has 0 unspecified atom stereocenters. The van der Waals surface area contributed by atoms with E-state index >= 15 is 0 Å². The van der Waals surface area contributed by atoms with Crippen molar-refractivity contribution in [3.63, 3.8) is 0 Å². The Hall–Kier alpha value is -3.41. The van der Waals surface area contributed by atoms with Gasteiger partial charge in [-0.15, -0.1) is 0 Å². The Bertz CT molecular complexity index is 1150. The molecule has 3 rings (SSSR count). The molecule has 0 saturated carbocycles. The number of rotatable bonds is 7. The van der Waals surface area contributed by atoms with Gasteiger partial charge < -0.3 is 14.8 Å². The van der Waals surface area contributed by atoms with Gasteiger partial charge in [-0.05, 0) is 90.4 Å². The van der Waals surface area contributed by atoms with Crippen LogP contribution in [-0.4, -0.2) is 37.0 Å². The zero-order chi connectivity index (χ0) is 24.1. The minimum Gasteiger partial charge on any atom is -0.490 e. The summed E-state index contributed by atoms with van der Waals surface area (Å²) in [4.78, 5) is 47.6. The highest BCUT2D eigenvalue weighted by Gasteiger charge is 2.28. The van der Waals surface area contributed by atoms with E-state index in [1.54, 1.807) is 19.1 Å². The summed E-state index contributed by atoms with van der Waals surface area (Å²) in [6, 6.07) is 8.03. The number of urea groups is 1. The molecule has 0 radical (unpaired) electrons. The summed E-state index contributed by atoms with van der Waals surface area (Å²) < 4.78 is 12.0. The second kappa shape index (κ2) is 10.5. The van der Waals surface area contributed by atoms with Gasteiger partial charge >= 0.3 is 6.03 Å². The van der Waals surface area contributed by atoms with E-state index in [4.69, 9.17) is 9.47 Å². The molecule has 9 nitrogen and oxygen atoms in total. The first-order valence-electron chi connectivity index (χ1n) is 10.0. The van der Waals surface area contributed by atoms with Crippen LogP contribution in [0, 0.1) is 17.4 Å². The molecule has 2 aromatic carbocycles. The van der Waals surface area contributed by atoms with Crippen molar-refractivity contribution in [2.24, 2.45) is 0 Å². The number of barbiturate groups is 1. The Kier molecular flexibility index (Phi) is 7.69. The Morgan fingerprint density at radius 2 is 1.73 bits per heavy atom. The molecule has 0 atom stereocenters. The van der Waals surface area contributed by atoms with Crippen LogP contribution >= 0.6 is 22.6 Å². The average Bonchev–Trinajstić information content (AvgIpc) is 2.73. The number of hydrogen-bond donors (Lipinski definition) is 3. The largest absolute Gasteiger partial charge is 0.490 e. The lowest BCUT2D eigenvalue weighted by Gasteiger charge is -2.16. The van der Waals surface area contributed by atoms with E-state index in [0.29, 0.717) is 32.9 Å². The lowest BCUT2D eigenvalue weighted by molar-refractivity contribution is -0.124. The van der Waals surface area contributed by atoms with Gasteiger partial charge in [0, 0.05) is 5.69 Å². The molecule has 1 aliphatic heterocycles. The number of amides is 5. The Balaban J connectivity index is 1.78. The maximum absolute atomic E-state index is 12.4. The zero-order valence-electron chi connectivity index (χ0n) is 18.2. The van der Waals surface area contributed by atoms with Crippen LogP contribution in [0.3, 0.4) is 0 Å². The fraction of sp³-hybridized carbons (Fsp3) is 0.217. The number of aryl methyl sites for hydroxylation is 2. The van der Waals surface area contributed by atoms with Crippen molar-refractivity contribution in [2.45, 2.75) is 20.8 Å². The minimum absolute atomic E-state index is 0.214. The van der Waals surface area contributed by atoms with Crippen molar-refractivity contribution in [2.75, 3.05) is 18.5 Å². The summed E-state index contributed by atoms with van der Waals surface area (Å²) in [5, 5.41) is 6.85. The van der Waals surface area contributed by atoms with Crippen LogP contribution in [0.2, 0.25) is 0 Å². The number of carbonyl (C=O) groups is 4. The highest BCUT2D eigenvalue weighted by atomic mass is 127. The van der Waals surface area contributed by atoms with Crippen LogP contribution in [0.5, 0.6) is 11.5 Å². The molecule has 1 heterocycles. The fourth-order valence-corrected chi connectivity index (χ4v) is 3.78. The number of hydrogen-bond acceptors (Lipinski definition) is 6. The average molecular weight is 563 g/mol. The van der Waals surface area contributed by atoms with Crippen molar-refractivity contribution in [1.82, 2.24) is 10.6 Å². The van der Waals surface area contributed by atoms with Gasteiger partial charge in [-0.25, -0.2) is 4.79 Å². The maximum Gasteiger partial charge on any atom is 0.328 e. The first kappa shape index (κ1) is 24.2. The molecule has 5 amide bonds. The summed E-state index contributed by atoms with van der Waals surface area (Å²) in [5.74, 6) is -1.20. The molecule has 3 N–H and O–H groups in total. The van der Waals surface area contributed by atoms with Gasteiger partial charge in [-0.2, -0.15) is 0 Å². The van der Waals surface area contributed by atoms with Crippen LogP contribution in [0.15, 0.2) is 35.9 Å². The van der Waals surface area contributed by atoms with E-state index in [1.165, 1.54) is 6.08 Å². The third-order valence-corrected chi connectivity index (χ3v) is 5.53. The lowest BCUT2D eigenvalue weighted by atomic mass is 10.1. The van der Waals surface area contributed by atoms with Crippen LogP contribution in [0.25, 0.3) is 6.08 Å². The maximum atomic E-state index is 12.4. The van der Waals surface area contributed by atoms with Gasteiger partial charge in [-0.1, -0.05) is 6.07 Å². The Morgan fingerprint density at radius 1 is 1.03 bits per heavy atom. The number of nitrogens with one attached hydrogen (secondary N) is 3. The number of ether oxygens (including phenoxy) is 2. The fourth-order valence-electron chi connectivity index (χ4n) is 3.00. The SMILES string of the molecule is CCOc1cc(C=C2C(=O)NC(=O)NC2=O)cc(I)c1OCC(=O)Nc1ccc(C)c(C)c1. The molecule has 172 valence electrons. The molecular weight excluding hydrogens is 541 g/mol. The molecule has 0 aromatic heterocycles. The Morgan fingerprint density at radius 3 is 2.36 bits per heavy atom. The van der Waals surface area contributed by atoms with E-state index in [0.717, 1.165) is 11.1 Å². The molecular formula is C23H22IN3O6. The second-order valence-corrected chi connectivity index (χ2v) is 8.36. The summed E-state index contributed by atoms with van der Waals surface area (Å²) >= 11 is 2.02. The first-order chi connectivity index (χ1) is 15.7. The highest BCUT2D eigenvalue weighted by molar-refractivity contribution is 14.1. The molecule has 1 fully saturated rings. The van der Waals surface area contributed by atoms with Crippen molar-refractivity contribution in [3.05, 3.63) is 56.2 Å². The number of anilines is 1. The van der Waals surface area contributed by atoms with Crippen molar-refractivity contribution in [1.29, 1.82) is 0 Å². The van der Waals surface area contributed by atoms with E-state index in [-0.39, 0.29) is 18.1 Å². The normalized spacial score (nSPS) is 13.2. The smallest absolute Gasteiger partial charge is 0.328 e. The molecule has 2 aromatic rings. The summed E-state index contributed by atoms with van der Waals surface area (Å²) in [7, 11) is 0. The van der Waals surface area contributed by atoms with E-state index in [9.17, 15) is 19.2 Å². The summed E-state index contributed by atoms with van der Waals surface area (Å²) in [6.45, 7) is 5.84. The second-order valence-electron chi connectivity index (χ2n) is 7.19. The standard InChI is InChI=1S/C23H22IN3O6/c1-4-32-18-10-14(8-16-21(29)26-23(31)27-22(16)30)9-17(24)20(18)33-11-19(28)25-15-6-5-12(2)13(3)7-15/h5-10H,4,11H2,1-3H3,(H,25,28)(H2,26,27,29,30,31). The molecule has 0 spiro atoms. The van der Waals surface area contributed by atoms with Crippen molar-refractivity contribution in [3.8, 4) is 11.5 Å². The zero-order valence-corrected chi connectivity index (χ0v) is 20.4. The predicted octanol–water partition coefficient (Wildman–Crippen LogP) is 3.07. The van der Waals surface area contributed by atoms with Crippen LogP contribution in [0.1, 0.15) is 23.6 Å². The summed E-state index contributed by atoms with van der Waals surface area (Å²) in [6.07, 6.45) is 1.35. The quantitative estimate of drug-likeness (QED) is 0.271. The Labute approximate surface area is 204 Å². The molecule has 1 saturated heterocycles. The monoisotopic (exact) mass is 563 g/mol. The van der Waals surface area contributed by atoms with E-state index in [2.05, 4.69) is 5.32 Å². The molecule has 0 bridgehead atoms. The van der Waals surface area contributed by atoms with Crippen molar-refractivity contribution < 1.29 is 28.7 Å². The molecule has 33 heavy (non-hydrogen) atoms. The number of halogens is 1. The number of imide groups is 2. The molecule has 0 aliphatic carbocycles. The van der Waals surface area contributed by atoms with E-state index < -0.39 is 17.8 Å². The van der Waals surface area contributed by atoms with Gasteiger partial charge in [0.2, 0.25) is 0 Å². The topological polar surface area (TPSA) is 123 Å². The van der Waals surface area contributed by atoms with Crippen LogP contribution in [0.4, 0.5) is 10.5 Å². The lowest BCUT2D eigenvalue weighted by Crippen LogP contribution is -2.51. The summed E-state index contributed by atoms with van der Waals surface area (Å²) in [5.41, 5.74) is 3.15. The molecule has 1 aliphatic rings. The number of benzene rings is 2. The van der Waals surface area contributed by atoms with Gasteiger partial charge in [0.05, 0.1) is 10.2 Å². The van der Waals surface area contributed by atoms with Crippen molar-refractivity contribution >= 4 is 58.1 Å². The van der Waals surface area contributed by atoms with Gasteiger partial charge in [-0.3, -0.25) is 25.0 Å².